The SMILES string of the molecule is CCCCOc1nc(N)c2c(n1)N(Cc1cccc(CN3C(C)CCC3CNc3nc(OCCCC)nc4c3NC(=O)CN4Cc3ccc4c(c3)CCNC4)c1)CC(=O)N2. The van der Waals surface area contributed by atoms with Crippen LogP contribution < -0.4 is 46.3 Å². The van der Waals surface area contributed by atoms with Crippen LogP contribution in [0.4, 0.5) is 34.6 Å². The molecule has 8 rings (SSSR count). The Balaban J connectivity index is 0.982. The number of unbranched alkanes of at least 4 members (excludes halogenated alkanes) is 2. The van der Waals surface area contributed by atoms with Crippen LogP contribution in [0, 0.1) is 0 Å². The number of aromatic nitrogens is 4. The highest BCUT2D eigenvalue weighted by Crippen LogP contribution is 2.38. The molecule has 2 amide bonds. The summed E-state index contributed by atoms with van der Waals surface area (Å²) in [6.07, 6.45) is 6.81. The van der Waals surface area contributed by atoms with Crippen LogP contribution in [-0.2, 0) is 42.2 Å². The molecule has 318 valence electrons. The van der Waals surface area contributed by atoms with Crippen LogP contribution in [-0.4, -0.2) is 88.1 Å². The summed E-state index contributed by atoms with van der Waals surface area (Å²) in [4.78, 5) is 51.2. The monoisotopic (exact) mass is 818 g/mol. The predicted molar refractivity (Wildman–Crippen MR) is 233 cm³/mol. The average molecular weight is 819 g/mol. The smallest absolute Gasteiger partial charge is 0.320 e. The number of fused-ring (bicyclic) bond motifs is 3. The van der Waals surface area contributed by atoms with E-state index < -0.39 is 0 Å². The third kappa shape index (κ3) is 9.49. The Hall–Kier alpha value is -5.74. The fourth-order valence-electron chi connectivity index (χ4n) is 8.51. The number of anilines is 6. The molecule has 1 saturated heterocycles. The van der Waals surface area contributed by atoms with Gasteiger partial charge in [-0.1, -0.05) is 69.2 Å². The quantitative estimate of drug-likeness (QED) is 0.0872. The van der Waals surface area contributed by atoms with Gasteiger partial charge in [0.2, 0.25) is 11.8 Å². The molecular formula is C44H58N12O4. The van der Waals surface area contributed by atoms with E-state index in [0.29, 0.717) is 73.7 Å². The maximum atomic E-state index is 13.3. The normalized spacial score (nSPS) is 18.6. The van der Waals surface area contributed by atoms with E-state index in [1.54, 1.807) is 0 Å². The van der Waals surface area contributed by atoms with Crippen molar-refractivity contribution >= 4 is 46.5 Å². The van der Waals surface area contributed by atoms with Crippen LogP contribution >= 0.6 is 0 Å². The number of ether oxygens (including phenoxy) is 2. The number of carbonyl (C=O) groups excluding carboxylic acids is 2. The van der Waals surface area contributed by atoms with Crippen LogP contribution in [0.2, 0.25) is 0 Å². The lowest BCUT2D eigenvalue weighted by atomic mass is 9.98. The molecule has 6 N–H and O–H groups in total. The van der Waals surface area contributed by atoms with Gasteiger partial charge in [-0.2, -0.15) is 19.9 Å². The van der Waals surface area contributed by atoms with E-state index in [-0.39, 0.29) is 42.8 Å². The number of nitrogens with zero attached hydrogens (tertiary/aromatic N) is 7. The van der Waals surface area contributed by atoms with E-state index >= 15 is 0 Å². The zero-order valence-corrected chi connectivity index (χ0v) is 35.1. The van der Waals surface area contributed by atoms with Crippen molar-refractivity contribution in [3.63, 3.8) is 0 Å². The highest BCUT2D eigenvalue weighted by molar-refractivity contribution is 6.04. The minimum atomic E-state index is -0.168. The van der Waals surface area contributed by atoms with Gasteiger partial charge in [-0.15, -0.1) is 0 Å². The largest absolute Gasteiger partial charge is 0.463 e. The number of hydrogen-bond donors (Lipinski definition) is 5. The van der Waals surface area contributed by atoms with Crippen molar-refractivity contribution < 1.29 is 19.1 Å². The van der Waals surface area contributed by atoms with Gasteiger partial charge >= 0.3 is 12.0 Å². The van der Waals surface area contributed by atoms with Gasteiger partial charge in [-0.25, -0.2) is 0 Å². The van der Waals surface area contributed by atoms with E-state index in [0.717, 1.165) is 75.7 Å². The van der Waals surface area contributed by atoms with Crippen molar-refractivity contribution in [2.75, 3.05) is 70.9 Å². The maximum Gasteiger partial charge on any atom is 0.320 e. The molecule has 2 aromatic carbocycles. The third-order valence-electron chi connectivity index (χ3n) is 11.7. The molecular weight excluding hydrogens is 761 g/mol. The van der Waals surface area contributed by atoms with Gasteiger partial charge in [-0.05, 0) is 73.4 Å². The lowest BCUT2D eigenvalue weighted by molar-refractivity contribution is -0.116. The van der Waals surface area contributed by atoms with Crippen molar-refractivity contribution in [2.45, 2.75) is 104 Å². The van der Waals surface area contributed by atoms with E-state index in [9.17, 15) is 9.59 Å². The molecule has 4 aliphatic heterocycles. The van der Waals surface area contributed by atoms with Crippen LogP contribution in [0.3, 0.4) is 0 Å². The Morgan fingerprint density at radius 2 is 1.43 bits per heavy atom. The fourth-order valence-corrected chi connectivity index (χ4v) is 8.51. The minimum Gasteiger partial charge on any atom is -0.463 e. The zero-order chi connectivity index (χ0) is 41.6. The summed E-state index contributed by atoms with van der Waals surface area (Å²) in [6, 6.07) is 16.2. The Morgan fingerprint density at radius 1 is 0.783 bits per heavy atom. The molecule has 0 bridgehead atoms. The lowest BCUT2D eigenvalue weighted by Gasteiger charge is -2.32. The number of nitrogens with two attached hydrogens (primary N) is 1. The molecule has 2 atom stereocenters. The van der Waals surface area contributed by atoms with Gasteiger partial charge in [-0.3, -0.25) is 14.5 Å². The molecule has 2 unspecified atom stereocenters. The van der Waals surface area contributed by atoms with E-state index in [2.05, 4.69) is 99.4 Å². The van der Waals surface area contributed by atoms with Gasteiger partial charge in [0, 0.05) is 44.8 Å². The number of rotatable bonds is 17. The van der Waals surface area contributed by atoms with Crippen molar-refractivity contribution in [1.82, 2.24) is 30.2 Å². The number of likely N-dealkylation sites (tertiary alicyclic amines) is 1. The Morgan fingerprint density at radius 3 is 2.15 bits per heavy atom. The second-order valence-corrected chi connectivity index (χ2v) is 16.3. The number of benzene rings is 2. The second kappa shape index (κ2) is 18.7. The standard InChI is InChI=1S/C44H58N12O4/c1-4-6-17-59-43-50-39(45)37-41(52-43)54(26-35(57)48-37)23-29-9-8-10-30(19-29)25-56-28(3)11-14-34(56)22-47-40-38-42(53-44(51-40)60-18-7-5-2)55(27-36(58)49-38)24-31-12-13-33-21-46-16-15-32(33)20-31/h8-10,12-13,19-20,28,34,46H,4-7,11,14-18,21-27H2,1-3H3,(H,48,57)(H,49,58)(H2,45,50,52)(H,47,51,53). The molecule has 0 aliphatic carbocycles. The molecule has 0 saturated carbocycles. The van der Waals surface area contributed by atoms with Crippen LogP contribution in [0.5, 0.6) is 12.0 Å². The number of carbonyl (C=O) groups is 2. The number of nitrogen functional groups attached to an aromatic ring is 1. The Labute approximate surface area is 352 Å². The molecule has 6 heterocycles. The number of amides is 2. The molecule has 16 heteroatoms. The first-order valence-corrected chi connectivity index (χ1v) is 21.6. The first-order valence-electron chi connectivity index (χ1n) is 21.6. The predicted octanol–water partition coefficient (Wildman–Crippen LogP) is 5.23. The summed E-state index contributed by atoms with van der Waals surface area (Å²) in [5, 5.41) is 13.0. The molecule has 4 aliphatic rings. The summed E-state index contributed by atoms with van der Waals surface area (Å²) in [5.74, 6) is 1.70. The van der Waals surface area contributed by atoms with Crippen molar-refractivity contribution in [2.24, 2.45) is 0 Å². The van der Waals surface area contributed by atoms with Crippen LogP contribution in [0.25, 0.3) is 0 Å². The average Bonchev–Trinajstić information content (AvgIpc) is 3.58. The van der Waals surface area contributed by atoms with E-state index in [1.807, 2.05) is 9.80 Å². The Bertz CT molecular complexity index is 2190. The minimum absolute atomic E-state index is 0.0997. The number of hydrogen-bond acceptors (Lipinski definition) is 14. The van der Waals surface area contributed by atoms with Crippen molar-refractivity contribution in [1.29, 1.82) is 0 Å². The van der Waals surface area contributed by atoms with Gasteiger partial charge in [0.1, 0.15) is 11.4 Å². The molecule has 16 nitrogen and oxygen atoms in total. The summed E-state index contributed by atoms with van der Waals surface area (Å²) in [6.45, 7) is 12.1. The third-order valence-corrected chi connectivity index (χ3v) is 11.7. The van der Waals surface area contributed by atoms with Crippen molar-refractivity contribution in [3.05, 3.63) is 70.3 Å². The van der Waals surface area contributed by atoms with Crippen LogP contribution in [0.1, 0.15) is 87.1 Å². The van der Waals surface area contributed by atoms with Gasteiger partial charge in [0.05, 0.1) is 26.3 Å². The second-order valence-electron chi connectivity index (χ2n) is 16.3. The molecule has 0 spiro atoms. The molecule has 1 fully saturated rings. The highest BCUT2D eigenvalue weighted by Gasteiger charge is 2.33. The summed E-state index contributed by atoms with van der Waals surface area (Å²) < 4.78 is 11.9. The van der Waals surface area contributed by atoms with Gasteiger partial charge in [0.15, 0.2) is 23.3 Å². The topological polar surface area (TPSA) is 188 Å². The lowest BCUT2D eigenvalue weighted by Crippen LogP contribution is -2.40. The van der Waals surface area contributed by atoms with E-state index in [4.69, 9.17) is 25.2 Å². The Kier molecular flexibility index (Phi) is 12.8. The molecule has 2 aromatic heterocycles. The molecule has 60 heavy (non-hydrogen) atoms. The number of nitrogens with one attached hydrogen (secondary N) is 4. The molecule has 0 radical (unpaired) electrons. The highest BCUT2D eigenvalue weighted by atomic mass is 16.5. The van der Waals surface area contributed by atoms with Crippen molar-refractivity contribution in [3.8, 4) is 12.0 Å². The van der Waals surface area contributed by atoms with Gasteiger partial charge < -0.3 is 46.3 Å². The first-order chi connectivity index (χ1) is 29.2. The first kappa shape index (κ1) is 41.0. The maximum absolute atomic E-state index is 13.3. The van der Waals surface area contributed by atoms with E-state index in [1.165, 1.54) is 16.7 Å². The van der Waals surface area contributed by atoms with Crippen LogP contribution in [0.15, 0.2) is 42.5 Å². The zero-order valence-electron chi connectivity index (χ0n) is 35.1. The van der Waals surface area contributed by atoms with Gasteiger partial charge in [0.25, 0.3) is 0 Å². The fraction of sp³-hybridized carbons (Fsp3) is 0.500. The summed E-state index contributed by atoms with van der Waals surface area (Å²) in [5.41, 5.74) is 13.3. The summed E-state index contributed by atoms with van der Waals surface area (Å²) in [7, 11) is 0. The summed E-state index contributed by atoms with van der Waals surface area (Å²) >= 11 is 0. The molecule has 4 aromatic rings.